The summed E-state index contributed by atoms with van der Waals surface area (Å²) in [5.41, 5.74) is 3.03. The van der Waals surface area contributed by atoms with Gasteiger partial charge in [0.25, 0.3) is 0 Å². The molecular formula is C17H28N2. The highest BCUT2D eigenvalue weighted by Gasteiger charge is 2.36. The number of benzene rings is 1. The Bertz CT molecular complexity index is 409. The number of rotatable bonds is 4. The predicted octanol–water partition coefficient (Wildman–Crippen LogP) is 3.74. The summed E-state index contributed by atoms with van der Waals surface area (Å²) < 4.78 is 0. The van der Waals surface area contributed by atoms with Gasteiger partial charge in [-0.05, 0) is 43.9 Å². The molecule has 0 amide bonds. The maximum absolute atomic E-state index is 3.81. The number of nitrogens with one attached hydrogen (secondary N) is 1. The highest BCUT2D eigenvalue weighted by atomic mass is 15.3. The molecule has 0 radical (unpaired) electrons. The summed E-state index contributed by atoms with van der Waals surface area (Å²) in [5, 5.41) is 3.81. The molecule has 1 N–H and O–H groups in total. The van der Waals surface area contributed by atoms with E-state index in [4.69, 9.17) is 0 Å². The van der Waals surface area contributed by atoms with Crippen molar-refractivity contribution in [1.29, 1.82) is 0 Å². The summed E-state index contributed by atoms with van der Waals surface area (Å²) in [6, 6.07) is 9.56. The Kier molecular flexibility index (Phi) is 4.51. The lowest BCUT2D eigenvalue weighted by Gasteiger charge is -2.48. The van der Waals surface area contributed by atoms with Gasteiger partial charge in [-0.2, -0.15) is 0 Å². The topological polar surface area (TPSA) is 15.3 Å². The minimum absolute atomic E-state index is 0.287. The molecule has 1 saturated heterocycles. The van der Waals surface area contributed by atoms with Gasteiger partial charge in [0.15, 0.2) is 0 Å². The van der Waals surface area contributed by atoms with E-state index in [0.29, 0.717) is 6.04 Å². The van der Waals surface area contributed by atoms with Crippen molar-refractivity contribution >= 4 is 5.69 Å². The van der Waals surface area contributed by atoms with Crippen LogP contribution in [0.2, 0.25) is 0 Å². The average molecular weight is 260 g/mol. The van der Waals surface area contributed by atoms with E-state index < -0.39 is 0 Å². The highest BCUT2D eigenvalue weighted by molar-refractivity contribution is 5.50. The summed E-state index contributed by atoms with van der Waals surface area (Å²) in [6.45, 7) is 11.3. The van der Waals surface area contributed by atoms with Gasteiger partial charge < -0.3 is 10.2 Å². The van der Waals surface area contributed by atoms with Gasteiger partial charge in [-0.15, -0.1) is 0 Å². The molecule has 0 aliphatic carbocycles. The fraction of sp³-hybridized carbons (Fsp3) is 0.647. The van der Waals surface area contributed by atoms with E-state index in [9.17, 15) is 0 Å². The van der Waals surface area contributed by atoms with E-state index in [0.717, 1.165) is 13.1 Å². The second-order valence-corrected chi connectivity index (χ2v) is 5.90. The van der Waals surface area contributed by atoms with Crippen molar-refractivity contribution in [3.63, 3.8) is 0 Å². The number of hydrogen-bond acceptors (Lipinski definition) is 2. The lowest BCUT2D eigenvalue weighted by molar-refractivity contribution is 0.246. The average Bonchev–Trinajstić information content (AvgIpc) is 2.46. The number of aryl methyl sites for hydroxylation is 1. The Morgan fingerprint density at radius 2 is 2.00 bits per heavy atom. The van der Waals surface area contributed by atoms with Crippen LogP contribution in [0.15, 0.2) is 24.3 Å². The van der Waals surface area contributed by atoms with E-state index in [1.165, 1.54) is 30.5 Å². The third-order valence-electron chi connectivity index (χ3n) is 4.78. The van der Waals surface area contributed by atoms with Crippen LogP contribution in [0.3, 0.4) is 0 Å². The molecule has 19 heavy (non-hydrogen) atoms. The van der Waals surface area contributed by atoms with Gasteiger partial charge in [0, 0.05) is 30.4 Å². The summed E-state index contributed by atoms with van der Waals surface area (Å²) >= 11 is 0. The lowest BCUT2D eigenvalue weighted by atomic mass is 9.87. The largest absolute Gasteiger partial charge is 0.365 e. The van der Waals surface area contributed by atoms with Gasteiger partial charge in [-0.3, -0.25) is 0 Å². The molecule has 1 aromatic rings. The first-order chi connectivity index (χ1) is 9.14. The Labute approximate surface area is 118 Å². The van der Waals surface area contributed by atoms with Gasteiger partial charge in [-0.1, -0.05) is 32.9 Å². The van der Waals surface area contributed by atoms with Crippen LogP contribution in [0.5, 0.6) is 0 Å². The Balaban J connectivity index is 2.28. The van der Waals surface area contributed by atoms with Gasteiger partial charge in [0.05, 0.1) is 0 Å². The smallest absolute Gasteiger partial charge is 0.0412 e. The molecule has 1 aliphatic rings. The Morgan fingerprint density at radius 1 is 1.26 bits per heavy atom. The highest BCUT2D eigenvalue weighted by Crippen LogP contribution is 2.29. The maximum atomic E-state index is 3.81. The van der Waals surface area contributed by atoms with E-state index in [1.807, 2.05) is 0 Å². The molecule has 2 nitrogen and oxygen atoms in total. The summed E-state index contributed by atoms with van der Waals surface area (Å²) in [4.78, 5) is 2.62. The minimum Gasteiger partial charge on any atom is -0.365 e. The fourth-order valence-corrected chi connectivity index (χ4v) is 3.15. The fourth-order valence-electron chi connectivity index (χ4n) is 3.15. The van der Waals surface area contributed by atoms with Crippen LogP contribution < -0.4 is 10.2 Å². The SMILES string of the molecule is CCC1CNC(CC)(CC)CN1c1cccc(C)c1. The molecule has 2 rings (SSSR count). The molecule has 1 atom stereocenters. The third-order valence-corrected chi connectivity index (χ3v) is 4.78. The van der Waals surface area contributed by atoms with Crippen LogP contribution in [-0.4, -0.2) is 24.7 Å². The monoisotopic (exact) mass is 260 g/mol. The zero-order chi connectivity index (χ0) is 13.9. The van der Waals surface area contributed by atoms with E-state index in [1.54, 1.807) is 0 Å². The van der Waals surface area contributed by atoms with Crippen LogP contribution in [0.1, 0.15) is 45.6 Å². The molecule has 0 spiro atoms. The second kappa shape index (κ2) is 5.96. The van der Waals surface area contributed by atoms with Crippen LogP contribution in [0.25, 0.3) is 0 Å². The number of nitrogens with zero attached hydrogens (tertiary/aromatic N) is 1. The number of piperazine rings is 1. The number of anilines is 1. The molecule has 1 aliphatic heterocycles. The maximum Gasteiger partial charge on any atom is 0.0412 e. The molecule has 1 aromatic carbocycles. The van der Waals surface area contributed by atoms with Crippen molar-refractivity contribution in [2.24, 2.45) is 0 Å². The molecule has 1 unspecified atom stereocenters. The van der Waals surface area contributed by atoms with Crippen LogP contribution in [0.4, 0.5) is 5.69 Å². The van der Waals surface area contributed by atoms with Crippen molar-refractivity contribution in [2.45, 2.75) is 58.5 Å². The van der Waals surface area contributed by atoms with Crippen LogP contribution in [-0.2, 0) is 0 Å². The van der Waals surface area contributed by atoms with Crippen molar-refractivity contribution in [3.8, 4) is 0 Å². The summed E-state index contributed by atoms with van der Waals surface area (Å²) in [6.07, 6.45) is 3.59. The van der Waals surface area contributed by atoms with E-state index in [2.05, 4.69) is 62.2 Å². The first kappa shape index (κ1) is 14.4. The van der Waals surface area contributed by atoms with Crippen molar-refractivity contribution in [2.75, 3.05) is 18.0 Å². The molecule has 1 heterocycles. The van der Waals surface area contributed by atoms with Gasteiger partial charge >= 0.3 is 0 Å². The standard InChI is InChI=1S/C17H28N2/c1-5-15-12-18-17(6-2,7-3)13-19(15)16-10-8-9-14(4)11-16/h8-11,15,18H,5-7,12-13H2,1-4H3. The molecular weight excluding hydrogens is 232 g/mol. The van der Waals surface area contributed by atoms with E-state index >= 15 is 0 Å². The molecule has 1 fully saturated rings. The van der Waals surface area contributed by atoms with Gasteiger partial charge in [-0.25, -0.2) is 0 Å². The van der Waals surface area contributed by atoms with Crippen molar-refractivity contribution < 1.29 is 0 Å². The quantitative estimate of drug-likeness (QED) is 0.887. The minimum atomic E-state index is 0.287. The van der Waals surface area contributed by atoms with Gasteiger partial charge in [0.2, 0.25) is 0 Å². The predicted molar refractivity (Wildman–Crippen MR) is 83.9 cm³/mol. The van der Waals surface area contributed by atoms with Crippen LogP contribution >= 0.6 is 0 Å². The van der Waals surface area contributed by atoms with Gasteiger partial charge in [0.1, 0.15) is 0 Å². The molecule has 2 heteroatoms. The lowest BCUT2D eigenvalue weighted by Crippen LogP contribution is -2.64. The van der Waals surface area contributed by atoms with E-state index in [-0.39, 0.29) is 5.54 Å². The van der Waals surface area contributed by atoms with Crippen molar-refractivity contribution in [1.82, 2.24) is 5.32 Å². The summed E-state index contributed by atoms with van der Waals surface area (Å²) in [5.74, 6) is 0. The molecule has 0 aromatic heterocycles. The Morgan fingerprint density at radius 3 is 2.58 bits per heavy atom. The zero-order valence-corrected chi connectivity index (χ0v) is 12.9. The first-order valence-corrected chi connectivity index (χ1v) is 7.72. The molecule has 106 valence electrons. The molecule has 0 saturated carbocycles. The second-order valence-electron chi connectivity index (χ2n) is 5.90. The third kappa shape index (κ3) is 2.94. The van der Waals surface area contributed by atoms with Crippen molar-refractivity contribution in [3.05, 3.63) is 29.8 Å². The number of hydrogen-bond donors (Lipinski definition) is 1. The first-order valence-electron chi connectivity index (χ1n) is 7.72. The Hall–Kier alpha value is -1.02. The van der Waals surface area contributed by atoms with Crippen LogP contribution in [0, 0.1) is 6.92 Å². The molecule has 0 bridgehead atoms. The normalized spacial score (nSPS) is 22.5. The summed E-state index contributed by atoms with van der Waals surface area (Å²) in [7, 11) is 0. The zero-order valence-electron chi connectivity index (χ0n) is 12.9.